The summed E-state index contributed by atoms with van der Waals surface area (Å²) in [5, 5.41) is 13.4. The van der Waals surface area contributed by atoms with E-state index in [0.717, 1.165) is 11.0 Å². The van der Waals surface area contributed by atoms with Crippen LogP contribution in [0.2, 0.25) is 0 Å². The first kappa shape index (κ1) is 16.1. The van der Waals surface area contributed by atoms with E-state index in [1.54, 1.807) is 0 Å². The zero-order chi connectivity index (χ0) is 18.4. The van der Waals surface area contributed by atoms with Crippen molar-refractivity contribution < 1.29 is 19.1 Å². The third kappa shape index (κ3) is 1.89. The fourth-order valence-electron chi connectivity index (χ4n) is 7.58. The molecule has 27 heavy (non-hydrogen) atoms. The van der Waals surface area contributed by atoms with Gasteiger partial charge in [-0.3, -0.25) is 4.79 Å². The molecule has 1 aromatic rings. The summed E-state index contributed by atoms with van der Waals surface area (Å²) >= 11 is 0. The Labute approximate surface area is 159 Å². The van der Waals surface area contributed by atoms with Gasteiger partial charge in [-0.1, -0.05) is 24.3 Å². The lowest BCUT2D eigenvalue weighted by atomic mass is 9.54. The van der Waals surface area contributed by atoms with Crippen LogP contribution in [0, 0.1) is 11.8 Å². The van der Waals surface area contributed by atoms with Crippen LogP contribution < -0.4 is 5.32 Å². The van der Waals surface area contributed by atoms with Gasteiger partial charge < -0.3 is 19.6 Å². The molecule has 0 radical (unpaired) electrons. The van der Waals surface area contributed by atoms with Gasteiger partial charge in [0, 0.05) is 30.5 Å². The molecule has 2 N–H and O–H groups in total. The average molecular weight is 367 g/mol. The van der Waals surface area contributed by atoms with Crippen LogP contribution in [0.3, 0.4) is 0 Å². The Bertz CT molecular complexity index is 867. The standard InChI is InChI=1S/C22H26N2O3/c1-24-8-7-22-15-4-2-3-5-16(15)23-21(22)20-14(10-18(22)24)13(12-24)6-9-27-17(20)11-19(25)26/h2-6,14,17-18,20-21,23H,7-12H2,1H3/p+1/t14-,17-,18-,20+,21-,22-,24?/m0/s1. The van der Waals surface area contributed by atoms with Crippen molar-refractivity contribution in [3.63, 3.8) is 0 Å². The van der Waals surface area contributed by atoms with Gasteiger partial charge in [-0.2, -0.15) is 0 Å². The first-order valence-electron chi connectivity index (χ1n) is 10.3. The Kier molecular flexibility index (Phi) is 3.08. The van der Waals surface area contributed by atoms with Crippen LogP contribution in [0.25, 0.3) is 0 Å². The van der Waals surface area contributed by atoms with E-state index in [1.165, 1.54) is 36.2 Å². The molecule has 2 saturated heterocycles. The Balaban J connectivity index is 1.55. The minimum atomic E-state index is -0.752. The van der Waals surface area contributed by atoms with E-state index in [2.05, 4.69) is 42.7 Å². The molecule has 0 aromatic heterocycles. The fraction of sp³-hybridized carbons (Fsp3) is 0.591. The largest absolute Gasteiger partial charge is 0.481 e. The third-order valence-corrected chi connectivity index (χ3v) is 8.49. The second-order valence-corrected chi connectivity index (χ2v) is 9.50. The second-order valence-electron chi connectivity index (χ2n) is 9.50. The zero-order valence-corrected chi connectivity index (χ0v) is 15.7. The molecule has 7 atom stereocenters. The number of anilines is 1. The summed E-state index contributed by atoms with van der Waals surface area (Å²) in [7, 11) is 2.44. The van der Waals surface area contributed by atoms with Crippen molar-refractivity contribution in [3.05, 3.63) is 41.5 Å². The molecule has 1 aromatic carbocycles. The molecule has 4 aliphatic heterocycles. The number of quaternary nitrogens is 1. The topological polar surface area (TPSA) is 58.6 Å². The number of fused-ring (bicyclic) bond motifs is 2. The number of aliphatic carboxylic acids is 1. The monoisotopic (exact) mass is 367 g/mol. The summed E-state index contributed by atoms with van der Waals surface area (Å²) in [5.41, 5.74) is 4.35. The maximum absolute atomic E-state index is 11.6. The molecule has 4 heterocycles. The summed E-state index contributed by atoms with van der Waals surface area (Å²) in [5.74, 6) is -0.0746. The highest BCUT2D eigenvalue weighted by atomic mass is 16.5. The van der Waals surface area contributed by atoms with Gasteiger partial charge in [0.2, 0.25) is 0 Å². The third-order valence-electron chi connectivity index (χ3n) is 8.49. The molecule has 142 valence electrons. The quantitative estimate of drug-likeness (QED) is 0.623. The van der Waals surface area contributed by atoms with Crippen LogP contribution in [0.5, 0.6) is 0 Å². The summed E-state index contributed by atoms with van der Waals surface area (Å²) in [6, 6.07) is 9.67. The minimum Gasteiger partial charge on any atom is -0.481 e. The summed E-state index contributed by atoms with van der Waals surface area (Å²) in [6.07, 6.45) is 4.50. The first-order valence-corrected chi connectivity index (χ1v) is 10.3. The van der Waals surface area contributed by atoms with E-state index in [-0.39, 0.29) is 29.9 Å². The maximum atomic E-state index is 11.6. The molecule has 5 aliphatic rings. The Morgan fingerprint density at radius 2 is 2.26 bits per heavy atom. The predicted octanol–water partition coefficient (Wildman–Crippen LogP) is 2.39. The maximum Gasteiger partial charge on any atom is 0.305 e. The average Bonchev–Trinajstić information content (AvgIpc) is 3.08. The molecule has 1 saturated carbocycles. The summed E-state index contributed by atoms with van der Waals surface area (Å²) < 4.78 is 7.30. The van der Waals surface area contributed by atoms with Crippen molar-refractivity contribution in [3.8, 4) is 0 Å². The molecule has 0 amide bonds. The fourth-order valence-corrected chi connectivity index (χ4v) is 7.58. The molecule has 1 unspecified atom stereocenters. The number of likely N-dealkylation sites (N-methyl/N-ethyl adjacent to an activating group) is 1. The van der Waals surface area contributed by atoms with Crippen molar-refractivity contribution >= 4 is 11.7 Å². The van der Waals surface area contributed by atoms with E-state index in [0.29, 0.717) is 18.6 Å². The van der Waals surface area contributed by atoms with E-state index >= 15 is 0 Å². The van der Waals surface area contributed by atoms with Crippen LogP contribution in [0.4, 0.5) is 5.69 Å². The first-order chi connectivity index (χ1) is 13.0. The van der Waals surface area contributed by atoms with Crippen LogP contribution in [0.1, 0.15) is 24.8 Å². The molecular weight excluding hydrogens is 340 g/mol. The van der Waals surface area contributed by atoms with Gasteiger partial charge in [0.25, 0.3) is 0 Å². The van der Waals surface area contributed by atoms with Crippen molar-refractivity contribution in [2.45, 2.75) is 42.9 Å². The molecule has 5 heteroatoms. The SMILES string of the molecule is C[N+]12CC[C@@]34c5ccccc5N[C@H]3[C@H]3[C@H](CC(=O)O)OCC=C(C1)[C@@H]3C[C@@H]42. The number of benzene rings is 1. The van der Waals surface area contributed by atoms with E-state index in [9.17, 15) is 9.90 Å². The highest BCUT2D eigenvalue weighted by molar-refractivity contribution is 5.68. The van der Waals surface area contributed by atoms with Crippen molar-refractivity contribution in [2.24, 2.45) is 11.8 Å². The van der Waals surface area contributed by atoms with E-state index < -0.39 is 5.97 Å². The van der Waals surface area contributed by atoms with Gasteiger partial charge in [0.1, 0.15) is 12.6 Å². The molecular formula is C22H27N2O3+. The van der Waals surface area contributed by atoms with E-state index in [1.807, 2.05) is 0 Å². The highest BCUT2D eigenvalue weighted by Crippen LogP contribution is 2.64. The van der Waals surface area contributed by atoms with Gasteiger partial charge in [0.15, 0.2) is 0 Å². The van der Waals surface area contributed by atoms with Gasteiger partial charge in [0.05, 0.1) is 38.1 Å². The summed E-state index contributed by atoms with van der Waals surface area (Å²) in [6.45, 7) is 2.86. The Morgan fingerprint density at radius 1 is 1.41 bits per heavy atom. The van der Waals surface area contributed by atoms with Gasteiger partial charge >= 0.3 is 5.97 Å². The smallest absolute Gasteiger partial charge is 0.305 e. The number of hydrogen-bond acceptors (Lipinski definition) is 3. The number of piperidine rings is 1. The number of ether oxygens (including phenoxy) is 1. The number of hydrogen-bond donors (Lipinski definition) is 2. The van der Waals surface area contributed by atoms with Crippen LogP contribution in [-0.2, 0) is 14.9 Å². The molecule has 6 rings (SSSR count). The predicted molar refractivity (Wildman–Crippen MR) is 102 cm³/mol. The number of nitrogens with one attached hydrogen (secondary N) is 1. The summed E-state index contributed by atoms with van der Waals surface area (Å²) in [4.78, 5) is 11.6. The van der Waals surface area contributed by atoms with Crippen molar-refractivity contribution in [1.29, 1.82) is 0 Å². The number of rotatable bonds is 2. The minimum absolute atomic E-state index is 0.101. The van der Waals surface area contributed by atoms with Gasteiger partial charge in [-0.25, -0.2) is 0 Å². The van der Waals surface area contributed by atoms with Crippen LogP contribution >= 0.6 is 0 Å². The number of para-hydroxylation sites is 1. The molecule has 3 fully saturated rings. The number of carbonyl (C=O) groups is 1. The lowest BCUT2D eigenvalue weighted by Crippen LogP contribution is -2.68. The number of carboxylic acids is 1. The lowest BCUT2D eigenvalue weighted by Gasteiger charge is -2.57. The normalized spacial score (nSPS) is 46.0. The van der Waals surface area contributed by atoms with Gasteiger partial charge in [-0.15, -0.1) is 0 Å². The van der Waals surface area contributed by atoms with Crippen molar-refractivity contribution in [2.75, 3.05) is 32.1 Å². The molecule has 1 aliphatic carbocycles. The van der Waals surface area contributed by atoms with Gasteiger partial charge in [-0.05, 0) is 23.1 Å². The van der Waals surface area contributed by atoms with Crippen LogP contribution in [0.15, 0.2) is 35.9 Å². The molecule has 2 bridgehead atoms. The Morgan fingerprint density at radius 3 is 3.11 bits per heavy atom. The number of carboxylic acid groups (broad SMARTS) is 1. The lowest BCUT2D eigenvalue weighted by molar-refractivity contribution is -0.924. The van der Waals surface area contributed by atoms with Crippen molar-refractivity contribution in [1.82, 2.24) is 0 Å². The second kappa shape index (κ2) is 5.15. The van der Waals surface area contributed by atoms with E-state index in [4.69, 9.17) is 4.74 Å². The molecule has 1 spiro atoms. The number of nitrogens with zero attached hydrogens (tertiary/aromatic N) is 1. The highest BCUT2D eigenvalue weighted by Gasteiger charge is 2.71. The Hall–Kier alpha value is -1.85. The molecule has 5 nitrogen and oxygen atoms in total. The van der Waals surface area contributed by atoms with Crippen LogP contribution in [-0.4, -0.2) is 60.5 Å². The zero-order valence-electron chi connectivity index (χ0n) is 15.7.